The Labute approximate surface area is 162 Å². The number of ether oxygens (including phenoxy) is 2. The maximum atomic E-state index is 12.5. The van der Waals surface area contributed by atoms with Crippen LogP contribution in [0, 0.1) is 5.92 Å². The number of benzene rings is 1. The summed E-state index contributed by atoms with van der Waals surface area (Å²) < 4.78 is 10.6. The summed E-state index contributed by atoms with van der Waals surface area (Å²) in [5.74, 6) is 0.800. The second-order valence-corrected chi connectivity index (χ2v) is 7.42. The highest BCUT2D eigenvalue weighted by Crippen LogP contribution is 2.36. The first kappa shape index (κ1) is 19.3. The van der Waals surface area contributed by atoms with E-state index in [1.807, 2.05) is 13.8 Å². The molecule has 1 fully saturated rings. The van der Waals surface area contributed by atoms with Crippen LogP contribution in [0.15, 0.2) is 23.1 Å². The molecule has 7 nitrogen and oxygen atoms in total. The third-order valence-electron chi connectivity index (χ3n) is 4.37. The normalized spacial score (nSPS) is 18.3. The van der Waals surface area contributed by atoms with Crippen molar-refractivity contribution in [1.29, 1.82) is 0 Å². The standard InChI is InChI=1S/C19H22N2O5S/c1-3-4-12(2)17(22)20-7-8-21-18(23)16(27-19(21)24)10-13-5-6-14-15(9-13)26-11-25-14/h5-6,9-10,12H,3-4,7-8,11H2,1-2H3,(H,20,22)/b16-10-. The molecule has 2 aliphatic rings. The summed E-state index contributed by atoms with van der Waals surface area (Å²) >= 11 is 0.897. The summed E-state index contributed by atoms with van der Waals surface area (Å²) in [6.45, 7) is 4.48. The van der Waals surface area contributed by atoms with E-state index in [2.05, 4.69) is 5.32 Å². The molecule has 1 unspecified atom stereocenters. The van der Waals surface area contributed by atoms with Crippen LogP contribution < -0.4 is 14.8 Å². The van der Waals surface area contributed by atoms with Crippen molar-refractivity contribution in [2.24, 2.45) is 5.92 Å². The van der Waals surface area contributed by atoms with E-state index in [-0.39, 0.29) is 42.9 Å². The van der Waals surface area contributed by atoms with Crippen molar-refractivity contribution in [3.05, 3.63) is 28.7 Å². The second-order valence-electron chi connectivity index (χ2n) is 6.43. The van der Waals surface area contributed by atoms with Crippen LogP contribution in [-0.2, 0) is 9.59 Å². The molecule has 1 saturated heterocycles. The molecule has 2 aliphatic heterocycles. The summed E-state index contributed by atoms with van der Waals surface area (Å²) in [7, 11) is 0. The topological polar surface area (TPSA) is 84.9 Å². The van der Waals surface area contributed by atoms with Crippen molar-refractivity contribution in [2.75, 3.05) is 19.9 Å². The van der Waals surface area contributed by atoms with Gasteiger partial charge in [-0.15, -0.1) is 0 Å². The van der Waals surface area contributed by atoms with E-state index < -0.39 is 0 Å². The molecular weight excluding hydrogens is 368 g/mol. The number of carbonyl (C=O) groups excluding carboxylic acids is 3. The number of rotatable bonds is 7. The average molecular weight is 390 g/mol. The average Bonchev–Trinajstić information content (AvgIpc) is 3.21. The fraction of sp³-hybridized carbons (Fsp3) is 0.421. The summed E-state index contributed by atoms with van der Waals surface area (Å²) in [4.78, 5) is 38.1. The number of fused-ring (bicyclic) bond motifs is 1. The van der Waals surface area contributed by atoms with Gasteiger partial charge in [0.25, 0.3) is 11.1 Å². The van der Waals surface area contributed by atoms with Gasteiger partial charge in [0.05, 0.1) is 4.91 Å². The van der Waals surface area contributed by atoms with E-state index in [0.29, 0.717) is 16.4 Å². The van der Waals surface area contributed by atoms with Crippen LogP contribution in [0.2, 0.25) is 0 Å². The quantitative estimate of drug-likeness (QED) is 0.721. The lowest BCUT2D eigenvalue weighted by Gasteiger charge is -2.15. The van der Waals surface area contributed by atoms with Crippen molar-refractivity contribution >= 4 is 34.9 Å². The van der Waals surface area contributed by atoms with E-state index in [0.717, 1.165) is 35.1 Å². The Kier molecular flexibility index (Phi) is 6.05. The van der Waals surface area contributed by atoms with E-state index >= 15 is 0 Å². The first-order valence-electron chi connectivity index (χ1n) is 8.92. The van der Waals surface area contributed by atoms with Gasteiger partial charge in [0.2, 0.25) is 12.7 Å². The first-order chi connectivity index (χ1) is 13.0. The van der Waals surface area contributed by atoms with Crippen LogP contribution in [-0.4, -0.2) is 41.8 Å². The van der Waals surface area contributed by atoms with Crippen molar-refractivity contribution < 1.29 is 23.9 Å². The number of hydrogen-bond donors (Lipinski definition) is 1. The third-order valence-corrected chi connectivity index (χ3v) is 5.28. The van der Waals surface area contributed by atoms with Crippen LogP contribution in [0.4, 0.5) is 4.79 Å². The lowest BCUT2D eigenvalue weighted by molar-refractivity contribution is -0.126. The van der Waals surface area contributed by atoms with E-state index in [1.54, 1.807) is 24.3 Å². The van der Waals surface area contributed by atoms with Gasteiger partial charge >= 0.3 is 0 Å². The van der Waals surface area contributed by atoms with Crippen molar-refractivity contribution in [2.45, 2.75) is 26.7 Å². The van der Waals surface area contributed by atoms with Gasteiger partial charge in [0.1, 0.15) is 0 Å². The predicted molar refractivity (Wildman–Crippen MR) is 102 cm³/mol. The second kappa shape index (κ2) is 8.47. The number of carbonyl (C=O) groups is 3. The minimum Gasteiger partial charge on any atom is -0.454 e. The van der Waals surface area contributed by atoms with Crippen LogP contribution in [0.1, 0.15) is 32.3 Å². The van der Waals surface area contributed by atoms with Gasteiger partial charge < -0.3 is 14.8 Å². The monoisotopic (exact) mass is 390 g/mol. The molecule has 1 N–H and O–H groups in total. The van der Waals surface area contributed by atoms with Crippen molar-refractivity contribution in [3.63, 3.8) is 0 Å². The molecule has 27 heavy (non-hydrogen) atoms. The van der Waals surface area contributed by atoms with Gasteiger partial charge in [0.15, 0.2) is 11.5 Å². The summed E-state index contributed by atoms with van der Waals surface area (Å²) in [5.41, 5.74) is 0.756. The minimum atomic E-state index is -0.349. The highest BCUT2D eigenvalue weighted by molar-refractivity contribution is 8.18. The molecule has 1 aromatic rings. The van der Waals surface area contributed by atoms with Gasteiger partial charge in [-0.3, -0.25) is 19.3 Å². The van der Waals surface area contributed by atoms with Gasteiger partial charge in [0, 0.05) is 19.0 Å². The lowest BCUT2D eigenvalue weighted by Crippen LogP contribution is -2.38. The predicted octanol–water partition coefficient (Wildman–Crippen LogP) is 3.00. The van der Waals surface area contributed by atoms with E-state index in [4.69, 9.17) is 9.47 Å². The zero-order valence-corrected chi connectivity index (χ0v) is 16.1. The molecular formula is C19H22N2O5S. The Morgan fingerprint density at radius 3 is 2.89 bits per heavy atom. The number of amides is 3. The smallest absolute Gasteiger partial charge is 0.293 e. The highest BCUT2D eigenvalue weighted by atomic mass is 32.2. The van der Waals surface area contributed by atoms with Gasteiger partial charge in [-0.2, -0.15) is 0 Å². The molecule has 3 amide bonds. The maximum Gasteiger partial charge on any atom is 0.293 e. The Morgan fingerprint density at radius 2 is 2.11 bits per heavy atom. The molecule has 1 atom stereocenters. The first-order valence-corrected chi connectivity index (χ1v) is 9.74. The molecule has 0 spiro atoms. The number of hydrogen-bond acceptors (Lipinski definition) is 6. The SMILES string of the molecule is CCCC(C)C(=O)NCCN1C(=O)S/C(=C\c2ccc3c(c2)OCO3)C1=O. The minimum absolute atomic E-state index is 0.0558. The Balaban J connectivity index is 1.59. The Bertz CT molecular complexity index is 792. The molecule has 0 aromatic heterocycles. The number of nitrogens with zero attached hydrogens (tertiary/aromatic N) is 1. The summed E-state index contributed by atoms with van der Waals surface area (Å²) in [6, 6.07) is 5.34. The molecule has 2 heterocycles. The van der Waals surface area contributed by atoms with Crippen molar-refractivity contribution in [1.82, 2.24) is 10.2 Å². The Morgan fingerprint density at radius 1 is 1.33 bits per heavy atom. The highest BCUT2D eigenvalue weighted by Gasteiger charge is 2.34. The van der Waals surface area contributed by atoms with Crippen LogP contribution in [0.3, 0.4) is 0 Å². The molecule has 0 saturated carbocycles. The number of imide groups is 1. The number of thioether (sulfide) groups is 1. The zero-order valence-electron chi connectivity index (χ0n) is 15.3. The Hall–Kier alpha value is -2.48. The summed E-state index contributed by atoms with van der Waals surface area (Å²) in [6.07, 6.45) is 3.41. The van der Waals surface area contributed by atoms with E-state index in [9.17, 15) is 14.4 Å². The van der Waals surface area contributed by atoms with E-state index in [1.165, 1.54) is 0 Å². The van der Waals surface area contributed by atoms with Crippen LogP contribution >= 0.6 is 11.8 Å². The fourth-order valence-electron chi connectivity index (χ4n) is 2.88. The zero-order chi connectivity index (χ0) is 19.4. The van der Waals surface area contributed by atoms with Crippen molar-refractivity contribution in [3.8, 4) is 11.5 Å². The lowest BCUT2D eigenvalue weighted by atomic mass is 10.1. The molecule has 8 heteroatoms. The molecule has 3 rings (SSSR count). The number of nitrogens with one attached hydrogen (secondary N) is 1. The molecule has 0 bridgehead atoms. The van der Waals surface area contributed by atoms with Crippen LogP contribution in [0.25, 0.3) is 6.08 Å². The van der Waals surface area contributed by atoms with Crippen LogP contribution in [0.5, 0.6) is 11.5 Å². The summed E-state index contributed by atoms with van der Waals surface area (Å²) in [5, 5.41) is 2.45. The molecule has 0 aliphatic carbocycles. The van der Waals surface area contributed by atoms with Gasteiger partial charge in [-0.1, -0.05) is 26.3 Å². The molecule has 1 aromatic carbocycles. The van der Waals surface area contributed by atoms with Gasteiger partial charge in [-0.25, -0.2) is 0 Å². The third kappa shape index (κ3) is 4.44. The van der Waals surface area contributed by atoms with Gasteiger partial charge in [-0.05, 0) is 42.0 Å². The fourth-order valence-corrected chi connectivity index (χ4v) is 3.74. The maximum absolute atomic E-state index is 12.5. The molecule has 0 radical (unpaired) electrons. The molecule has 144 valence electrons. The largest absolute Gasteiger partial charge is 0.454 e.